The Morgan fingerprint density at radius 3 is 2.88 bits per heavy atom. The van der Waals surface area contributed by atoms with Gasteiger partial charge in [-0.25, -0.2) is 0 Å². The van der Waals surface area contributed by atoms with Crippen LogP contribution in [0.25, 0.3) is 0 Å². The molecular formula is C11H19N3O2. The predicted octanol–water partition coefficient (Wildman–Crippen LogP) is -0.680. The zero-order valence-electron chi connectivity index (χ0n) is 9.45. The van der Waals surface area contributed by atoms with Crippen LogP contribution in [-0.4, -0.2) is 42.9 Å². The topological polar surface area (TPSA) is 75.4 Å². The summed E-state index contributed by atoms with van der Waals surface area (Å²) >= 11 is 0. The molecule has 2 rings (SSSR count). The molecular weight excluding hydrogens is 206 g/mol. The molecule has 0 aromatic rings. The Kier molecular flexibility index (Phi) is 3.43. The number of amides is 2. The number of carbonyl (C=O) groups is 2. The fraction of sp³-hybridized carbons (Fsp3) is 0.818. The van der Waals surface area contributed by atoms with Crippen molar-refractivity contribution in [3.63, 3.8) is 0 Å². The van der Waals surface area contributed by atoms with Gasteiger partial charge in [0.05, 0.1) is 5.92 Å². The Morgan fingerprint density at radius 1 is 1.50 bits per heavy atom. The van der Waals surface area contributed by atoms with E-state index >= 15 is 0 Å². The number of carbonyl (C=O) groups excluding carboxylic acids is 2. The first-order valence-electron chi connectivity index (χ1n) is 5.96. The number of hydrogen-bond acceptors (Lipinski definition) is 3. The molecule has 5 nitrogen and oxygen atoms in total. The molecule has 2 atom stereocenters. The maximum absolute atomic E-state index is 12.1. The van der Waals surface area contributed by atoms with E-state index in [1.54, 1.807) is 0 Å². The Labute approximate surface area is 95.3 Å². The Hall–Kier alpha value is -1.10. The number of nitrogens with two attached hydrogens (primary N) is 1. The van der Waals surface area contributed by atoms with Crippen molar-refractivity contribution in [3.05, 3.63) is 0 Å². The summed E-state index contributed by atoms with van der Waals surface area (Å²) in [6.45, 7) is 2.78. The molecule has 2 amide bonds. The minimum Gasteiger partial charge on any atom is -0.355 e. The normalized spacial score (nSPS) is 30.3. The third-order valence-corrected chi connectivity index (χ3v) is 3.55. The van der Waals surface area contributed by atoms with Crippen LogP contribution in [0.2, 0.25) is 0 Å². The second kappa shape index (κ2) is 4.82. The predicted molar refractivity (Wildman–Crippen MR) is 59.5 cm³/mol. The Balaban J connectivity index is 1.86. The molecule has 16 heavy (non-hydrogen) atoms. The minimum atomic E-state index is -0.0192. The zero-order chi connectivity index (χ0) is 11.5. The van der Waals surface area contributed by atoms with Gasteiger partial charge in [-0.05, 0) is 25.3 Å². The smallest absolute Gasteiger partial charge is 0.227 e. The third kappa shape index (κ3) is 2.35. The van der Waals surface area contributed by atoms with Gasteiger partial charge in [0.25, 0.3) is 0 Å². The molecule has 2 saturated heterocycles. The highest BCUT2D eigenvalue weighted by atomic mass is 16.2. The molecule has 0 radical (unpaired) electrons. The lowest BCUT2D eigenvalue weighted by Crippen LogP contribution is -2.44. The maximum Gasteiger partial charge on any atom is 0.227 e. The lowest BCUT2D eigenvalue weighted by molar-refractivity contribution is -0.136. The van der Waals surface area contributed by atoms with E-state index in [9.17, 15) is 9.59 Å². The highest BCUT2D eigenvalue weighted by molar-refractivity contribution is 5.83. The second-order valence-corrected chi connectivity index (χ2v) is 4.71. The van der Waals surface area contributed by atoms with Gasteiger partial charge >= 0.3 is 0 Å². The van der Waals surface area contributed by atoms with E-state index in [4.69, 9.17) is 5.73 Å². The molecule has 2 fully saturated rings. The van der Waals surface area contributed by atoms with E-state index in [0.29, 0.717) is 31.8 Å². The van der Waals surface area contributed by atoms with Crippen LogP contribution in [0.15, 0.2) is 0 Å². The molecule has 0 spiro atoms. The van der Waals surface area contributed by atoms with Crippen molar-refractivity contribution < 1.29 is 9.59 Å². The number of rotatable bonds is 2. The number of nitrogens with one attached hydrogen (secondary N) is 1. The standard InChI is InChI=1S/C11H19N3O2/c12-5-8-3-4-14(7-8)11(16)9-1-2-10(15)13-6-9/h8-9H,1-7,12H2,(H,13,15). The fourth-order valence-corrected chi connectivity index (χ4v) is 2.43. The van der Waals surface area contributed by atoms with Crippen molar-refractivity contribution >= 4 is 11.8 Å². The van der Waals surface area contributed by atoms with Crippen LogP contribution in [0, 0.1) is 11.8 Å². The van der Waals surface area contributed by atoms with Gasteiger partial charge in [0, 0.05) is 26.1 Å². The van der Waals surface area contributed by atoms with Gasteiger partial charge in [0.15, 0.2) is 0 Å². The average molecular weight is 225 g/mol. The van der Waals surface area contributed by atoms with Gasteiger partial charge in [0.1, 0.15) is 0 Å². The van der Waals surface area contributed by atoms with Crippen LogP contribution in [0.4, 0.5) is 0 Å². The van der Waals surface area contributed by atoms with Crippen LogP contribution in [0.1, 0.15) is 19.3 Å². The first kappa shape index (κ1) is 11.4. The molecule has 2 unspecified atom stereocenters. The van der Waals surface area contributed by atoms with E-state index in [2.05, 4.69) is 5.32 Å². The highest BCUT2D eigenvalue weighted by Crippen LogP contribution is 2.20. The first-order valence-corrected chi connectivity index (χ1v) is 5.96. The molecule has 90 valence electrons. The van der Waals surface area contributed by atoms with Crippen LogP contribution < -0.4 is 11.1 Å². The van der Waals surface area contributed by atoms with E-state index in [-0.39, 0.29) is 17.7 Å². The largest absolute Gasteiger partial charge is 0.355 e. The number of piperidine rings is 1. The molecule has 0 bridgehead atoms. The average Bonchev–Trinajstić information content (AvgIpc) is 2.77. The summed E-state index contributed by atoms with van der Waals surface area (Å²) in [4.78, 5) is 25.0. The van der Waals surface area contributed by atoms with E-state index in [0.717, 1.165) is 19.5 Å². The van der Waals surface area contributed by atoms with Crippen molar-refractivity contribution in [1.29, 1.82) is 0 Å². The van der Waals surface area contributed by atoms with Crippen molar-refractivity contribution in [2.24, 2.45) is 17.6 Å². The lowest BCUT2D eigenvalue weighted by Gasteiger charge is -2.26. The molecule has 2 aliphatic rings. The minimum absolute atomic E-state index is 0.0192. The molecule has 2 heterocycles. The molecule has 0 aliphatic carbocycles. The zero-order valence-corrected chi connectivity index (χ0v) is 9.45. The summed E-state index contributed by atoms with van der Waals surface area (Å²) < 4.78 is 0. The van der Waals surface area contributed by atoms with Crippen LogP contribution in [-0.2, 0) is 9.59 Å². The second-order valence-electron chi connectivity index (χ2n) is 4.71. The van der Waals surface area contributed by atoms with Crippen molar-refractivity contribution in [2.75, 3.05) is 26.2 Å². The third-order valence-electron chi connectivity index (χ3n) is 3.55. The van der Waals surface area contributed by atoms with Gasteiger partial charge in [-0.2, -0.15) is 0 Å². The van der Waals surface area contributed by atoms with Gasteiger partial charge in [0.2, 0.25) is 11.8 Å². The molecule has 2 aliphatic heterocycles. The van der Waals surface area contributed by atoms with Gasteiger partial charge < -0.3 is 16.0 Å². The van der Waals surface area contributed by atoms with Crippen LogP contribution in [0.3, 0.4) is 0 Å². The van der Waals surface area contributed by atoms with Crippen LogP contribution >= 0.6 is 0 Å². The number of nitrogens with zero attached hydrogens (tertiary/aromatic N) is 1. The highest BCUT2D eigenvalue weighted by Gasteiger charge is 2.32. The van der Waals surface area contributed by atoms with Crippen molar-refractivity contribution in [2.45, 2.75) is 19.3 Å². The molecule has 3 N–H and O–H groups in total. The van der Waals surface area contributed by atoms with Gasteiger partial charge in [-0.15, -0.1) is 0 Å². The molecule has 0 aromatic carbocycles. The number of hydrogen-bond donors (Lipinski definition) is 2. The summed E-state index contributed by atoms with van der Waals surface area (Å²) in [6, 6.07) is 0. The van der Waals surface area contributed by atoms with Crippen molar-refractivity contribution in [1.82, 2.24) is 10.2 Å². The van der Waals surface area contributed by atoms with Crippen LogP contribution in [0.5, 0.6) is 0 Å². The quantitative estimate of drug-likeness (QED) is 0.654. The Morgan fingerprint density at radius 2 is 2.31 bits per heavy atom. The number of likely N-dealkylation sites (tertiary alicyclic amines) is 1. The Bertz CT molecular complexity index is 283. The first-order chi connectivity index (χ1) is 7.70. The van der Waals surface area contributed by atoms with E-state index in [1.807, 2.05) is 4.90 Å². The van der Waals surface area contributed by atoms with Gasteiger partial charge in [-0.3, -0.25) is 9.59 Å². The monoisotopic (exact) mass is 225 g/mol. The fourth-order valence-electron chi connectivity index (χ4n) is 2.43. The summed E-state index contributed by atoms with van der Waals surface area (Å²) in [6.07, 6.45) is 2.18. The maximum atomic E-state index is 12.1. The van der Waals surface area contributed by atoms with Crippen molar-refractivity contribution in [3.8, 4) is 0 Å². The van der Waals surface area contributed by atoms with E-state index in [1.165, 1.54) is 0 Å². The molecule has 0 aromatic heterocycles. The molecule has 0 saturated carbocycles. The van der Waals surface area contributed by atoms with E-state index < -0.39 is 0 Å². The van der Waals surface area contributed by atoms with Gasteiger partial charge in [-0.1, -0.05) is 0 Å². The summed E-state index contributed by atoms with van der Waals surface area (Å²) in [7, 11) is 0. The summed E-state index contributed by atoms with van der Waals surface area (Å²) in [5.41, 5.74) is 5.60. The molecule has 5 heteroatoms. The SMILES string of the molecule is NCC1CCN(C(=O)C2CCC(=O)NC2)C1. The summed E-state index contributed by atoms with van der Waals surface area (Å²) in [5.74, 6) is 0.692. The summed E-state index contributed by atoms with van der Waals surface area (Å²) in [5, 5.41) is 2.75. The lowest BCUT2D eigenvalue weighted by atomic mass is 9.98.